The predicted molar refractivity (Wildman–Crippen MR) is 81.1 cm³/mol. The Morgan fingerprint density at radius 1 is 1.35 bits per heavy atom. The van der Waals surface area contributed by atoms with Crippen molar-refractivity contribution in [2.45, 2.75) is 32.0 Å². The summed E-state index contributed by atoms with van der Waals surface area (Å²) in [7, 11) is 0. The van der Waals surface area contributed by atoms with Gasteiger partial charge in [0.2, 0.25) is 0 Å². The molecule has 0 aliphatic carbocycles. The van der Waals surface area contributed by atoms with Crippen LogP contribution in [0.2, 0.25) is 0 Å². The van der Waals surface area contributed by atoms with Crippen LogP contribution in [0.25, 0.3) is 10.9 Å². The van der Waals surface area contributed by atoms with E-state index in [2.05, 4.69) is 9.97 Å². The second kappa shape index (κ2) is 5.96. The van der Waals surface area contributed by atoms with Gasteiger partial charge in [-0.25, -0.2) is 4.98 Å². The normalized spacial score (nSPS) is 21.5. The first-order chi connectivity index (χ1) is 10.9. The molecule has 1 aromatic carbocycles. The van der Waals surface area contributed by atoms with Gasteiger partial charge in [-0.05, 0) is 38.4 Å². The summed E-state index contributed by atoms with van der Waals surface area (Å²) >= 11 is 0. The summed E-state index contributed by atoms with van der Waals surface area (Å²) in [4.78, 5) is 21.0. The van der Waals surface area contributed by atoms with Gasteiger partial charge >= 0.3 is 6.18 Å². The van der Waals surface area contributed by atoms with E-state index in [1.54, 1.807) is 36.1 Å². The zero-order valence-corrected chi connectivity index (χ0v) is 12.7. The van der Waals surface area contributed by atoms with Gasteiger partial charge in [-0.3, -0.25) is 9.69 Å². The van der Waals surface area contributed by atoms with Gasteiger partial charge < -0.3 is 4.98 Å². The van der Waals surface area contributed by atoms with E-state index in [9.17, 15) is 18.0 Å². The van der Waals surface area contributed by atoms with Crippen LogP contribution in [0, 0.1) is 5.92 Å². The smallest absolute Gasteiger partial charge is 0.309 e. The Morgan fingerprint density at radius 3 is 2.83 bits per heavy atom. The third-order valence-electron chi connectivity index (χ3n) is 4.49. The topological polar surface area (TPSA) is 49.0 Å². The van der Waals surface area contributed by atoms with E-state index >= 15 is 0 Å². The highest BCUT2D eigenvalue weighted by molar-refractivity contribution is 5.77. The van der Waals surface area contributed by atoms with Crippen molar-refractivity contribution >= 4 is 10.9 Å². The van der Waals surface area contributed by atoms with Gasteiger partial charge in [-0.15, -0.1) is 0 Å². The fourth-order valence-corrected chi connectivity index (χ4v) is 3.10. The zero-order valence-electron chi connectivity index (χ0n) is 12.7. The lowest BCUT2D eigenvalue weighted by atomic mass is 9.96. The van der Waals surface area contributed by atoms with Gasteiger partial charge in [0.05, 0.1) is 22.9 Å². The Kier molecular flexibility index (Phi) is 4.14. The van der Waals surface area contributed by atoms with Gasteiger partial charge in [0.25, 0.3) is 5.56 Å². The maximum atomic E-state index is 13.0. The zero-order chi connectivity index (χ0) is 16.6. The average Bonchev–Trinajstić information content (AvgIpc) is 2.53. The van der Waals surface area contributed by atoms with Crippen molar-refractivity contribution in [3.05, 3.63) is 40.4 Å². The summed E-state index contributed by atoms with van der Waals surface area (Å²) in [6, 6.07) is 6.58. The Morgan fingerprint density at radius 2 is 2.09 bits per heavy atom. The van der Waals surface area contributed by atoms with Gasteiger partial charge in [-0.2, -0.15) is 13.2 Å². The molecular formula is C16H18F3N3O. The molecule has 1 aromatic heterocycles. The second-order valence-electron chi connectivity index (χ2n) is 6.02. The van der Waals surface area contributed by atoms with Crippen molar-refractivity contribution < 1.29 is 13.2 Å². The molecule has 1 saturated heterocycles. The number of fused-ring (bicyclic) bond motifs is 1. The second-order valence-corrected chi connectivity index (χ2v) is 6.02. The van der Waals surface area contributed by atoms with Gasteiger partial charge in [0.15, 0.2) is 0 Å². The van der Waals surface area contributed by atoms with Crippen LogP contribution in [0.4, 0.5) is 13.2 Å². The van der Waals surface area contributed by atoms with Crippen molar-refractivity contribution in [3.63, 3.8) is 0 Å². The lowest BCUT2D eigenvalue weighted by Gasteiger charge is -2.36. The Labute approximate surface area is 131 Å². The number of H-pyrrole nitrogens is 1. The standard InChI is InChI=1S/C16H18F3N3O/c1-10(22-8-4-5-11(9-22)16(17,18)19)14-20-13-7-3-2-6-12(13)15(23)21-14/h2-3,6-7,10-11H,4-5,8-9H2,1H3,(H,20,21,23)/t10-,11-/m0/s1. The number of piperidine rings is 1. The molecule has 1 fully saturated rings. The molecule has 0 spiro atoms. The predicted octanol–water partition coefficient (Wildman–Crippen LogP) is 3.26. The molecule has 0 amide bonds. The number of hydrogen-bond acceptors (Lipinski definition) is 3. The highest BCUT2D eigenvalue weighted by atomic mass is 19.4. The molecule has 124 valence electrons. The molecule has 1 aliphatic heterocycles. The van der Waals surface area contributed by atoms with E-state index in [0.717, 1.165) is 0 Å². The van der Waals surface area contributed by atoms with Crippen LogP contribution in [-0.4, -0.2) is 34.1 Å². The molecule has 7 heteroatoms. The molecule has 2 atom stereocenters. The van der Waals surface area contributed by atoms with E-state index < -0.39 is 12.1 Å². The molecule has 23 heavy (non-hydrogen) atoms. The van der Waals surface area contributed by atoms with Gasteiger partial charge in [0, 0.05) is 6.54 Å². The number of hydrogen-bond donors (Lipinski definition) is 1. The van der Waals surface area contributed by atoms with Gasteiger partial charge in [0.1, 0.15) is 5.82 Å². The molecule has 3 rings (SSSR count). The van der Waals surface area contributed by atoms with Gasteiger partial charge in [-0.1, -0.05) is 12.1 Å². The third-order valence-corrected chi connectivity index (χ3v) is 4.49. The Balaban J connectivity index is 1.88. The lowest BCUT2D eigenvalue weighted by molar-refractivity contribution is -0.188. The minimum atomic E-state index is -4.18. The molecular weight excluding hydrogens is 307 g/mol. The molecule has 1 N–H and O–H groups in total. The summed E-state index contributed by atoms with van der Waals surface area (Å²) in [5, 5.41) is 0.482. The van der Waals surface area contributed by atoms with E-state index in [0.29, 0.717) is 29.7 Å². The van der Waals surface area contributed by atoms with Crippen LogP contribution in [0.15, 0.2) is 29.1 Å². The number of benzene rings is 1. The van der Waals surface area contributed by atoms with Crippen LogP contribution in [0.3, 0.4) is 0 Å². The summed E-state index contributed by atoms with van der Waals surface area (Å²) in [6.07, 6.45) is -3.52. The van der Waals surface area contributed by atoms with Crippen LogP contribution >= 0.6 is 0 Å². The minimum Gasteiger partial charge on any atom is -0.309 e. The summed E-state index contributed by atoms with van der Waals surface area (Å²) in [5.41, 5.74) is 0.296. The number of alkyl halides is 3. The maximum Gasteiger partial charge on any atom is 0.393 e. The minimum absolute atomic E-state index is 0.0544. The first-order valence-corrected chi connectivity index (χ1v) is 7.66. The van der Waals surface area contributed by atoms with Crippen molar-refractivity contribution in [2.75, 3.05) is 13.1 Å². The fourth-order valence-electron chi connectivity index (χ4n) is 3.10. The molecule has 0 radical (unpaired) electrons. The van der Waals surface area contributed by atoms with Crippen LogP contribution in [-0.2, 0) is 0 Å². The summed E-state index contributed by atoms with van der Waals surface area (Å²) in [5.74, 6) is -0.901. The van der Waals surface area contributed by atoms with E-state index in [-0.39, 0.29) is 24.6 Å². The van der Waals surface area contributed by atoms with Crippen LogP contribution in [0.5, 0.6) is 0 Å². The first-order valence-electron chi connectivity index (χ1n) is 7.66. The molecule has 2 heterocycles. The number of nitrogens with zero attached hydrogens (tertiary/aromatic N) is 2. The number of likely N-dealkylation sites (tertiary alicyclic amines) is 1. The van der Waals surface area contributed by atoms with Crippen molar-refractivity contribution in [3.8, 4) is 0 Å². The highest BCUT2D eigenvalue weighted by Crippen LogP contribution is 2.35. The monoisotopic (exact) mass is 325 g/mol. The van der Waals surface area contributed by atoms with E-state index in [4.69, 9.17) is 0 Å². The molecule has 4 nitrogen and oxygen atoms in total. The average molecular weight is 325 g/mol. The largest absolute Gasteiger partial charge is 0.393 e. The lowest BCUT2D eigenvalue weighted by Crippen LogP contribution is -2.43. The SMILES string of the molecule is C[C@@H](c1nc2ccccc2c(=O)[nH]1)N1CCC[C@H](C(F)(F)F)C1. The maximum absolute atomic E-state index is 13.0. The highest BCUT2D eigenvalue weighted by Gasteiger charge is 2.42. The number of rotatable bonds is 2. The Hall–Kier alpha value is -1.89. The van der Waals surface area contributed by atoms with Crippen molar-refractivity contribution in [1.82, 2.24) is 14.9 Å². The summed E-state index contributed by atoms with van der Waals surface area (Å²) in [6.45, 7) is 2.30. The molecule has 2 aromatic rings. The number of nitrogens with one attached hydrogen (secondary N) is 1. The molecule has 0 bridgehead atoms. The number of halogens is 3. The quantitative estimate of drug-likeness (QED) is 0.922. The van der Waals surface area contributed by atoms with E-state index in [1.165, 1.54) is 0 Å². The van der Waals surface area contributed by atoms with Crippen molar-refractivity contribution in [1.29, 1.82) is 0 Å². The number of aromatic nitrogens is 2. The van der Waals surface area contributed by atoms with Crippen LogP contribution < -0.4 is 5.56 Å². The number of para-hydroxylation sites is 1. The van der Waals surface area contributed by atoms with Crippen molar-refractivity contribution in [2.24, 2.45) is 5.92 Å². The Bertz CT molecular complexity index is 756. The van der Waals surface area contributed by atoms with Crippen LogP contribution in [0.1, 0.15) is 31.6 Å². The molecule has 1 aliphatic rings. The van der Waals surface area contributed by atoms with E-state index in [1.807, 2.05) is 0 Å². The first kappa shape index (κ1) is 16.0. The molecule has 0 saturated carbocycles. The third kappa shape index (κ3) is 3.24. The fraction of sp³-hybridized carbons (Fsp3) is 0.500. The molecule has 0 unspecified atom stereocenters. The summed E-state index contributed by atoms with van der Waals surface area (Å²) < 4.78 is 38.9. The number of aromatic amines is 1.